The summed E-state index contributed by atoms with van der Waals surface area (Å²) in [5, 5.41) is -0.0737. The van der Waals surface area contributed by atoms with Gasteiger partial charge in [-0.1, -0.05) is 11.6 Å². The van der Waals surface area contributed by atoms with Gasteiger partial charge in [0, 0.05) is 18.8 Å². The van der Waals surface area contributed by atoms with Gasteiger partial charge in [-0.3, -0.25) is 9.98 Å². The lowest BCUT2D eigenvalue weighted by Gasteiger charge is -2.07. The highest BCUT2D eigenvalue weighted by atomic mass is 35.5. The first-order chi connectivity index (χ1) is 9.86. The molecule has 0 atom stereocenters. The van der Waals surface area contributed by atoms with Crippen molar-refractivity contribution in [3.8, 4) is 0 Å². The number of pyridine rings is 1. The lowest BCUT2D eigenvalue weighted by atomic mass is 10.2. The highest BCUT2D eigenvalue weighted by Gasteiger charge is 2.31. The minimum Gasteiger partial charge on any atom is -0.261 e. The fraction of sp³-hybridized carbons (Fsp3) is 0.143. The van der Waals surface area contributed by atoms with Gasteiger partial charge in [-0.25, -0.2) is 4.39 Å². The van der Waals surface area contributed by atoms with Gasteiger partial charge in [-0.05, 0) is 30.3 Å². The van der Waals surface area contributed by atoms with E-state index in [1.165, 1.54) is 30.5 Å². The fourth-order valence-electron chi connectivity index (χ4n) is 1.54. The minimum atomic E-state index is -4.47. The molecule has 2 nitrogen and oxygen atoms in total. The molecule has 0 spiro atoms. The summed E-state index contributed by atoms with van der Waals surface area (Å²) >= 11 is 5.76. The zero-order chi connectivity index (χ0) is 15.5. The molecule has 1 heterocycles. The third-order valence-corrected chi connectivity index (χ3v) is 2.92. The molecule has 0 N–H and O–H groups in total. The van der Waals surface area contributed by atoms with Crippen molar-refractivity contribution in [1.82, 2.24) is 4.98 Å². The molecule has 1 aromatic heterocycles. The predicted molar refractivity (Wildman–Crippen MR) is 72.5 cm³/mol. The smallest absolute Gasteiger partial charge is 0.261 e. The molecule has 7 heteroatoms. The van der Waals surface area contributed by atoms with E-state index in [1.807, 2.05) is 0 Å². The molecule has 0 saturated carbocycles. The summed E-state index contributed by atoms with van der Waals surface area (Å²) < 4.78 is 50.0. The SMILES string of the molecule is Fc1ccc(N=CCc2ncc(C(F)(F)F)cc2Cl)cc1. The van der Waals surface area contributed by atoms with Crippen molar-refractivity contribution in [2.45, 2.75) is 12.6 Å². The van der Waals surface area contributed by atoms with Gasteiger partial charge in [0.2, 0.25) is 0 Å². The number of aromatic nitrogens is 1. The molecular weight excluding hydrogens is 308 g/mol. The number of benzene rings is 1. The van der Waals surface area contributed by atoms with Gasteiger partial charge in [-0.15, -0.1) is 0 Å². The van der Waals surface area contributed by atoms with Gasteiger partial charge in [0.1, 0.15) is 5.82 Å². The van der Waals surface area contributed by atoms with Crippen LogP contribution < -0.4 is 0 Å². The Balaban J connectivity index is 2.08. The summed E-state index contributed by atoms with van der Waals surface area (Å²) in [6, 6.07) is 6.31. The minimum absolute atomic E-state index is 0.0737. The van der Waals surface area contributed by atoms with E-state index in [9.17, 15) is 17.6 Å². The van der Waals surface area contributed by atoms with Gasteiger partial charge in [0.05, 0.1) is 22.0 Å². The van der Waals surface area contributed by atoms with Gasteiger partial charge in [-0.2, -0.15) is 13.2 Å². The Morgan fingerprint density at radius 3 is 2.43 bits per heavy atom. The summed E-state index contributed by atoms with van der Waals surface area (Å²) in [4.78, 5) is 7.73. The van der Waals surface area contributed by atoms with Gasteiger partial charge in [0.15, 0.2) is 0 Å². The summed E-state index contributed by atoms with van der Waals surface area (Å²) in [7, 11) is 0. The predicted octanol–water partition coefficient (Wildman–Crippen LogP) is 4.84. The standard InChI is InChI=1S/C14H9ClF4N2/c15-12-7-9(14(17,18)19)8-21-13(12)5-6-20-11-3-1-10(16)2-4-11/h1-4,6-8H,5H2. The van der Waals surface area contributed by atoms with Crippen LogP contribution in [0.15, 0.2) is 41.5 Å². The maximum atomic E-state index is 12.7. The highest BCUT2D eigenvalue weighted by molar-refractivity contribution is 6.31. The number of hydrogen-bond donors (Lipinski definition) is 0. The molecule has 21 heavy (non-hydrogen) atoms. The zero-order valence-corrected chi connectivity index (χ0v) is 11.3. The Labute approximate surface area is 123 Å². The Hall–Kier alpha value is -1.95. The number of rotatable bonds is 3. The van der Waals surface area contributed by atoms with E-state index in [1.54, 1.807) is 0 Å². The van der Waals surface area contributed by atoms with Gasteiger partial charge >= 0.3 is 6.18 Å². The van der Waals surface area contributed by atoms with Crippen LogP contribution in [-0.2, 0) is 12.6 Å². The van der Waals surface area contributed by atoms with Gasteiger partial charge in [0.25, 0.3) is 0 Å². The second kappa shape index (κ2) is 6.22. The largest absolute Gasteiger partial charge is 0.417 e. The summed E-state index contributed by atoms with van der Waals surface area (Å²) in [5.74, 6) is -0.374. The highest BCUT2D eigenvalue weighted by Crippen LogP contribution is 2.31. The average Bonchev–Trinajstić information content (AvgIpc) is 2.41. The van der Waals surface area contributed by atoms with E-state index >= 15 is 0 Å². The molecule has 0 unspecified atom stereocenters. The van der Waals surface area contributed by atoms with E-state index in [-0.39, 0.29) is 23.0 Å². The van der Waals surface area contributed by atoms with Crippen molar-refractivity contribution < 1.29 is 17.6 Å². The third kappa shape index (κ3) is 4.26. The maximum Gasteiger partial charge on any atom is 0.417 e. The van der Waals surface area contributed by atoms with Crippen molar-refractivity contribution in [3.05, 3.63) is 58.6 Å². The molecule has 2 aromatic rings. The normalized spacial score (nSPS) is 12.0. The van der Waals surface area contributed by atoms with E-state index in [2.05, 4.69) is 9.98 Å². The van der Waals surface area contributed by atoms with Crippen molar-refractivity contribution in [1.29, 1.82) is 0 Å². The molecule has 0 aliphatic heterocycles. The molecule has 0 bridgehead atoms. The second-order valence-corrected chi connectivity index (χ2v) is 4.55. The topological polar surface area (TPSA) is 25.2 Å². The van der Waals surface area contributed by atoms with Crippen molar-refractivity contribution in [3.63, 3.8) is 0 Å². The molecule has 0 amide bonds. The van der Waals surface area contributed by atoms with E-state index in [0.29, 0.717) is 5.69 Å². The summed E-state index contributed by atoms with van der Waals surface area (Å²) in [6.07, 6.45) is -2.12. The molecule has 1 aromatic carbocycles. The first-order valence-electron chi connectivity index (χ1n) is 5.86. The molecule has 110 valence electrons. The van der Waals surface area contributed by atoms with Crippen LogP contribution in [0.25, 0.3) is 0 Å². The zero-order valence-electron chi connectivity index (χ0n) is 10.5. The van der Waals surface area contributed by atoms with E-state index in [4.69, 9.17) is 11.6 Å². The van der Waals surface area contributed by atoms with E-state index < -0.39 is 11.7 Å². The Morgan fingerprint density at radius 1 is 1.19 bits per heavy atom. The lowest BCUT2D eigenvalue weighted by molar-refractivity contribution is -0.137. The molecular formula is C14H9ClF4N2. The molecule has 0 saturated heterocycles. The first kappa shape index (κ1) is 15.4. The van der Waals surface area contributed by atoms with Crippen LogP contribution in [-0.4, -0.2) is 11.2 Å². The van der Waals surface area contributed by atoms with Crippen LogP contribution in [0.3, 0.4) is 0 Å². The van der Waals surface area contributed by atoms with Crippen molar-refractivity contribution in [2.75, 3.05) is 0 Å². The molecule has 0 fully saturated rings. The van der Waals surface area contributed by atoms with Crippen molar-refractivity contribution >= 4 is 23.5 Å². The van der Waals surface area contributed by atoms with Crippen LogP contribution in [0.4, 0.5) is 23.2 Å². The average molecular weight is 317 g/mol. The first-order valence-corrected chi connectivity index (χ1v) is 6.24. The monoisotopic (exact) mass is 316 g/mol. The number of aliphatic imine (C=N–C) groups is 1. The Bertz CT molecular complexity index is 651. The van der Waals surface area contributed by atoms with Crippen molar-refractivity contribution in [2.24, 2.45) is 4.99 Å². The second-order valence-electron chi connectivity index (χ2n) is 4.14. The van der Waals surface area contributed by atoms with E-state index in [0.717, 1.165) is 12.3 Å². The molecule has 0 aliphatic rings. The van der Waals surface area contributed by atoms with Crippen LogP contribution in [0.2, 0.25) is 5.02 Å². The maximum absolute atomic E-state index is 12.7. The molecule has 2 rings (SSSR count). The molecule has 0 radical (unpaired) electrons. The number of hydrogen-bond acceptors (Lipinski definition) is 2. The Morgan fingerprint density at radius 2 is 1.86 bits per heavy atom. The fourth-order valence-corrected chi connectivity index (χ4v) is 1.78. The van der Waals surface area contributed by atoms with Gasteiger partial charge < -0.3 is 0 Å². The lowest BCUT2D eigenvalue weighted by Crippen LogP contribution is -2.06. The number of alkyl halides is 3. The van der Waals surface area contributed by atoms with Crippen LogP contribution in [0, 0.1) is 5.82 Å². The molecule has 0 aliphatic carbocycles. The van der Waals surface area contributed by atoms with Crippen LogP contribution >= 0.6 is 11.6 Å². The number of halogens is 5. The third-order valence-electron chi connectivity index (χ3n) is 2.60. The number of nitrogens with zero attached hydrogens (tertiary/aromatic N) is 2. The quantitative estimate of drug-likeness (QED) is 0.587. The summed E-state index contributed by atoms with van der Waals surface area (Å²) in [6.45, 7) is 0. The van der Waals surface area contributed by atoms with Crippen LogP contribution in [0.5, 0.6) is 0 Å². The Kier molecular flexibility index (Phi) is 4.57. The van der Waals surface area contributed by atoms with Crippen LogP contribution in [0.1, 0.15) is 11.3 Å². The summed E-state index contributed by atoms with van der Waals surface area (Å²) in [5.41, 5.74) is -0.0818.